The van der Waals surface area contributed by atoms with Gasteiger partial charge in [0.2, 0.25) is 0 Å². The van der Waals surface area contributed by atoms with Gasteiger partial charge in [-0.1, -0.05) is 41.5 Å². The number of hydrogen-bond donors (Lipinski definition) is 1. The Morgan fingerprint density at radius 1 is 0.936 bits per heavy atom. The number of fused-ring (bicyclic) bond motifs is 3. The first-order chi connectivity index (χ1) is 21.1. The molecule has 47 heavy (non-hydrogen) atoms. The van der Waals surface area contributed by atoms with E-state index >= 15 is 0 Å². The number of aliphatic hydroxyl groups is 1. The molecule has 1 radical (unpaired) electrons. The largest absolute Gasteiger partial charge is 0 e. The van der Waals surface area contributed by atoms with Gasteiger partial charge in [-0.15, -0.1) is 0 Å². The number of nitrogens with zero attached hydrogens (tertiary/aromatic N) is 2. The van der Waals surface area contributed by atoms with Gasteiger partial charge in [0.05, 0.1) is 0 Å². The third-order valence-electron chi connectivity index (χ3n) is 9.50. The molecule has 1 aromatic heterocycles. The zero-order chi connectivity index (χ0) is 34.9. The molecule has 0 unspecified atom stereocenters. The number of carbonyl (C=O) groups is 1. The maximum Gasteiger partial charge on any atom is 0 e. The summed E-state index contributed by atoms with van der Waals surface area (Å²) < 4.78 is 1.60. The van der Waals surface area contributed by atoms with Crippen molar-refractivity contribution in [3.8, 4) is 11.3 Å². The molecule has 4 aromatic rings. The van der Waals surface area contributed by atoms with Crippen molar-refractivity contribution in [3.05, 3.63) is 76.3 Å². The monoisotopic (exact) mass is 876 g/mol. The van der Waals surface area contributed by atoms with Crippen LogP contribution in [0.3, 0.4) is 0 Å². The van der Waals surface area contributed by atoms with Gasteiger partial charge in [0.1, 0.15) is 5.76 Å². The summed E-state index contributed by atoms with van der Waals surface area (Å²) in [6, 6.07) is 14.7. The van der Waals surface area contributed by atoms with Crippen LogP contribution in [0.2, 0.25) is 17.3 Å². The van der Waals surface area contributed by atoms with Gasteiger partial charge in [0.25, 0.3) is 0 Å². The molecule has 0 atom stereocenters. The Balaban J connectivity index is 0.000000410. The standard InChI is InChI=1S/C28H33GeN2.C13H24O2.Ir/c1-16(2)28-30-26(22-13-17(3)12-18(4)14-22)23-11-10-21-15-19(5)25(29(7,8)9)20(6)24(21)27(23)31-28;1-7-12(3,4)10(14)9-11(15)13(5,6)8-2;/h10-13,15-16H,1-9H3;9,14H,7-8H2,1-6H3;/q-1;;/b;10-9-;. The Morgan fingerprint density at radius 2 is 1.53 bits per heavy atom. The molecule has 0 fully saturated rings. The van der Waals surface area contributed by atoms with Crippen LogP contribution in [0.5, 0.6) is 0 Å². The quantitative estimate of drug-likeness (QED) is 0.0630. The number of aryl methyl sites for hydroxylation is 4. The van der Waals surface area contributed by atoms with Gasteiger partial charge in [-0.05, 0) is 12.8 Å². The molecule has 257 valence electrons. The number of aromatic nitrogens is 2. The number of aliphatic hydroxyl groups excluding tert-OH is 1. The van der Waals surface area contributed by atoms with E-state index in [-0.39, 0.29) is 48.4 Å². The molecular formula is C41H57GeIrN2O2-. The predicted octanol–water partition coefficient (Wildman–Crippen LogP) is 11.0. The van der Waals surface area contributed by atoms with Crippen molar-refractivity contribution < 1.29 is 30.0 Å². The van der Waals surface area contributed by atoms with Gasteiger partial charge in [0, 0.05) is 37.0 Å². The smallest absolute Gasteiger partial charge is 0 e. The number of rotatable bonds is 8. The van der Waals surface area contributed by atoms with Crippen LogP contribution in [0.4, 0.5) is 0 Å². The molecule has 1 N–H and O–H groups in total. The summed E-state index contributed by atoms with van der Waals surface area (Å²) >= 11 is -2.06. The van der Waals surface area contributed by atoms with E-state index in [0.29, 0.717) is 0 Å². The van der Waals surface area contributed by atoms with Gasteiger partial charge in [-0.25, -0.2) is 0 Å². The third-order valence-corrected chi connectivity index (χ3v) is 14.3. The van der Waals surface area contributed by atoms with Crippen molar-refractivity contribution in [2.24, 2.45) is 10.8 Å². The van der Waals surface area contributed by atoms with Crippen molar-refractivity contribution in [2.45, 2.75) is 119 Å². The summed E-state index contributed by atoms with van der Waals surface area (Å²) in [5.74, 6) is 8.81. The Hall–Kier alpha value is -2.34. The average molecular weight is 875 g/mol. The second-order valence-electron chi connectivity index (χ2n) is 15.7. The van der Waals surface area contributed by atoms with Gasteiger partial charge >= 0.3 is 190 Å². The van der Waals surface area contributed by atoms with E-state index < -0.39 is 13.3 Å². The summed E-state index contributed by atoms with van der Waals surface area (Å²) in [6.07, 6.45) is 2.99. The van der Waals surface area contributed by atoms with Crippen LogP contribution >= 0.6 is 0 Å². The van der Waals surface area contributed by atoms with E-state index in [4.69, 9.17) is 9.97 Å². The minimum absolute atomic E-state index is 0. The summed E-state index contributed by atoms with van der Waals surface area (Å²) in [4.78, 5) is 22.0. The van der Waals surface area contributed by atoms with Crippen LogP contribution in [-0.4, -0.2) is 34.1 Å². The Morgan fingerprint density at radius 3 is 2.04 bits per heavy atom. The number of benzene rings is 3. The second-order valence-corrected chi connectivity index (χ2v) is 26.2. The van der Waals surface area contributed by atoms with Crippen LogP contribution in [-0.2, 0) is 24.9 Å². The molecule has 3 aromatic carbocycles. The van der Waals surface area contributed by atoms with Crippen LogP contribution < -0.4 is 4.40 Å². The normalized spacial score (nSPS) is 12.6. The Kier molecular flexibility index (Phi) is 13.4. The topological polar surface area (TPSA) is 63.1 Å². The van der Waals surface area contributed by atoms with Gasteiger partial charge in [0.15, 0.2) is 5.78 Å². The fourth-order valence-corrected chi connectivity index (χ4v) is 11.2. The third kappa shape index (κ3) is 9.22. The minimum Gasteiger partial charge on any atom is 0 e. The molecule has 0 aliphatic rings. The molecule has 0 saturated carbocycles. The van der Waals surface area contributed by atoms with E-state index in [1.807, 2.05) is 41.5 Å². The molecule has 1 heterocycles. The van der Waals surface area contributed by atoms with Crippen molar-refractivity contribution in [1.29, 1.82) is 0 Å². The summed E-state index contributed by atoms with van der Waals surface area (Å²) in [5, 5.41) is 13.5. The number of carbonyl (C=O) groups excluding carboxylic acids is 1. The predicted molar refractivity (Wildman–Crippen MR) is 201 cm³/mol. The summed E-state index contributed by atoms with van der Waals surface area (Å²) in [7, 11) is 0. The first-order valence-corrected chi connectivity index (χ1v) is 24.2. The number of ketones is 1. The fourth-order valence-electron chi connectivity index (χ4n) is 5.98. The first-order valence-electron chi connectivity index (χ1n) is 16.9. The zero-order valence-electron chi connectivity index (χ0n) is 31.5. The first kappa shape index (κ1) is 40.8. The molecule has 6 heteroatoms. The Labute approximate surface area is 301 Å². The van der Waals surface area contributed by atoms with Crippen LogP contribution in [0.25, 0.3) is 32.9 Å². The van der Waals surface area contributed by atoms with Gasteiger partial charge < -0.3 is 5.11 Å². The van der Waals surface area contributed by atoms with Crippen molar-refractivity contribution in [3.63, 3.8) is 0 Å². The zero-order valence-corrected chi connectivity index (χ0v) is 36.0. The molecule has 0 amide bonds. The van der Waals surface area contributed by atoms with E-state index in [2.05, 4.69) is 95.2 Å². The van der Waals surface area contributed by atoms with E-state index in [9.17, 15) is 9.90 Å². The molecule has 0 spiro atoms. The molecule has 4 nitrogen and oxygen atoms in total. The van der Waals surface area contributed by atoms with Crippen LogP contribution in [0, 0.1) is 44.6 Å². The van der Waals surface area contributed by atoms with Crippen LogP contribution in [0.15, 0.2) is 42.2 Å². The number of hydrogen-bond acceptors (Lipinski definition) is 4. The Bertz CT molecular complexity index is 1780. The van der Waals surface area contributed by atoms with Crippen molar-refractivity contribution in [2.75, 3.05) is 0 Å². The summed E-state index contributed by atoms with van der Waals surface area (Å²) in [6.45, 7) is 24.8. The maximum atomic E-state index is 11.8. The van der Waals surface area contributed by atoms with E-state index in [0.717, 1.165) is 46.4 Å². The molecule has 0 aliphatic heterocycles. The molecular weight excluding hydrogens is 817 g/mol. The van der Waals surface area contributed by atoms with E-state index in [1.54, 1.807) is 4.40 Å². The van der Waals surface area contributed by atoms with E-state index in [1.165, 1.54) is 33.5 Å². The van der Waals surface area contributed by atoms with Crippen molar-refractivity contribution >= 4 is 45.1 Å². The minimum atomic E-state index is -2.06. The SMILES string of the molecule is CCC(C)(C)C(=O)/C=C(\O)C(C)(C)CC.Cc1[c-]c(-c2nc(C(C)C)nc3c2ccc2cc(C)[c]([Ge]([CH3])([CH3])[CH3])c(C)c23)cc(C)c1.[Ir]. The van der Waals surface area contributed by atoms with Crippen molar-refractivity contribution in [1.82, 2.24) is 9.97 Å². The molecule has 0 saturated heterocycles. The fraction of sp³-hybridized carbons (Fsp3) is 0.488. The maximum absolute atomic E-state index is 11.8. The number of allylic oxidation sites excluding steroid dienone is 2. The second kappa shape index (κ2) is 15.5. The average Bonchev–Trinajstić information content (AvgIpc) is 2.94. The van der Waals surface area contributed by atoms with Crippen LogP contribution in [0.1, 0.15) is 102 Å². The van der Waals surface area contributed by atoms with Gasteiger partial charge in [-0.2, -0.15) is 0 Å². The molecule has 0 bridgehead atoms. The molecule has 4 rings (SSSR count). The summed E-state index contributed by atoms with van der Waals surface area (Å²) in [5.41, 5.74) is 7.69. The van der Waals surface area contributed by atoms with Gasteiger partial charge in [-0.3, -0.25) is 4.79 Å². The molecule has 0 aliphatic carbocycles.